The Kier molecular flexibility index (Phi) is 4.60. The molecule has 0 spiro atoms. The molecule has 0 amide bonds. The molecule has 0 fully saturated rings. The van der Waals surface area contributed by atoms with Gasteiger partial charge in [0.25, 0.3) is 0 Å². The van der Waals surface area contributed by atoms with Crippen LogP contribution in [-0.4, -0.2) is 12.2 Å². The number of halogens is 3. The van der Waals surface area contributed by atoms with Crippen molar-refractivity contribution in [1.29, 1.82) is 0 Å². The van der Waals surface area contributed by atoms with Crippen molar-refractivity contribution < 1.29 is 4.39 Å². The molecule has 0 aliphatic heterocycles. The first-order valence-electron chi connectivity index (χ1n) is 5.22. The number of nitrogens with two attached hydrogens (primary N) is 1. The number of hydrogen-bond acceptors (Lipinski definition) is 1. The van der Waals surface area contributed by atoms with Gasteiger partial charge in [-0.2, -0.15) is 0 Å². The summed E-state index contributed by atoms with van der Waals surface area (Å²) in [6.07, 6.45) is 0.152. The SMILES string of the molecule is CC(C)C(F)(CN)Cc1c(Cl)cccc1Cl. The molecule has 0 saturated heterocycles. The minimum absolute atomic E-state index is 0.0355. The quantitative estimate of drug-likeness (QED) is 0.878. The van der Waals surface area contributed by atoms with E-state index in [-0.39, 0.29) is 18.9 Å². The average Bonchev–Trinajstić information content (AvgIpc) is 2.23. The molecule has 4 heteroatoms. The summed E-state index contributed by atoms with van der Waals surface area (Å²) >= 11 is 12.0. The molecule has 0 aliphatic rings. The minimum Gasteiger partial charge on any atom is -0.328 e. The normalized spacial score (nSPS) is 15.2. The highest BCUT2D eigenvalue weighted by Gasteiger charge is 2.33. The topological polar surface area (TPSA) is 26.0 Å². The maximum atomic E-state index is 14.4. The standard InChI is InChI=1S/C12H16Cl2FN/c1-8(2)12(15,7-16)6-9-10(13)4-3-5-11(9)14/h3-5,8H,6-7,16H2,1-2H3. The van der Waals surface area contributed by atoms with E-state index < -0.39 is 5.67 Å². The third-order valence-electron chi connectivity index (χ3n) is 2.91. The van der Waals surface area contributed by atoms with Gasteiger partial charge in [-0.15, -0.1) is 0 Å². The van der Waals surface area contributed by atoms with Crippen LogP contribution in [0.4, 0.5) is 4.39 Å². The Hall–Kier alpha value is -0.310. The number of rotatable bonds is 4. The van der Waals surface area contributed by atoms with Crippen LogP contribution >= 0.6 is 23.2 Å². The molecule has 1 unspecified atom stereocenters. The van der Waals surface area contributed by atoms with Crippen molar-refractivity contribution in [1.82, 2.24) is 0 Å². The van der Waals surface area contributed by atoms with Crippen LogP contribution < -0.4 is 5.73 Å². The van der Waals surface area contributed by atoms with Gasteiger partial charge in [0.05, 0.1) is 0 Å². The zero-order valence-electron chi connectivity index (χ0n) is 9.43. The van der Waals surface area contributed by atoms with Gasteiger partial charge in [-0.3, -0.25) is 0 Å². The van der Waals surface area contributed by atoms with E-state index in [4.69, 9.17) is 28.9 Å². The lowest BCUT2D eigenvalue weighted by atomic mass is 9.86. The van der Waals surface area contributed by atoms with Crippen molar-refractivity contribution in [2.45, 2.75) is 25.9 Å². The molecule has 1 aromatic rings. The second kappa shape index (κ2) is 5.35. The fourth-order valence-corrected chi connectivity index (χ4v) is 2.04. The van der Waals surface area contributed by atoms with Gasteiger partial charge < -0.3 is 5.73 Å². The average molecular weight is 264 g/mol. The molecule has 1 nitrogen and oxygen atoms in total. The van der Waals surface area contributed by atoms with E-state index in [1.54, 1.807) is 32.0 Å². The second-order valence-electron chi connectivity index (χ2n) is 4.27. The van der Waals surface area contributed by atoms with Crippen molar-refractivity contribution in [2.24, 2.45) is 11.7 Å². The maximum absolute atomic E-state index is 14.4. The second-order valence-corrected chi connectivity index (χ2v) is 5.08. The smallest absolute Gasteiger partial charge is 0.129 e. The van der Waals surface area contributed by atoms with Crippen LogP contribution in [0, 0.1) is 5.92 Å². The zero-order chi connectivity index (χ0) is 12.3. The molecule has 1 atom stereocenters. The largest absolute Gasteiger partial charge is 0.328 e. The highest BCUT2D eigenvalue weighted by Crippen LogP contribution is 2.32. The van der Waals surface area contributed by atoms with Crippen molar-refractivity contribution in [3.05, 3.63) is 33.8 Å². The predicted molar refractivity (Wildman–Crippen MR) is 67.9 cm³/mol. The molecule has 16 heavy (non-hydrogen) atoms. The van der Waals surface area contributed by atoms with Gasteiger partial charge in [0.1, 0.15) is 5.67 Å². The van der Waals surface area contributed by atoms with E-state index in [0.29, 0.717) is 15.6 Å². The molecule has 2 N–H and O–H groups in total. The van der Waals surface area contributed by atoms with E-state index in [2.05, 4.69) is 0 Å². The highest BCUT2D eigenvalue weighted by molar-refractivity contribution is 6.36. The van der Waals surface area contributed by atoms with Crippen LogP contribution in [-0.2, 0) is 6.42 Å². The van der Waals surface area contributed by atoms with E-state index >= 15 is 0 Å². The first kappa shape index (κ1) is 13.8. The molecule has 1 aromatic carbocycles. The van der Waals surface area contributed by atoms with Gasteiger partial charge in [0.2, 0.25) is 0 Å². The summed E-state index contributed by atoms with van der Waals surface area (Å²) in [7, 11) is 0. The van der Waals surface area contributed by atoms with Gasteiger partial charge in [-0.1, -0.05) is 43.1 Å². The van der Waals surface area contributed by atoms with Gasteiger partial charge >= 0.3 is 0 Å². The lowest BCUT2D eigenvalue weighted by molar-refractivity contribution is 0.110. The molecule has 0 radical (unpaired) electrons. The third-order valence-corrected chi connectivity index (χ3v) is 3.61. The van der Waals surface area contributed by atoms with Crippen molar-refractivity contribution >= 4 is 23.2 Å². The van der Waals surface area contributed by atoms with Gasteiger partial charge in [-0.25, -0.2) is 4.39 Å². The molecule has 90 valence electrons. The first-order chi connectivity index (χ1) is 7.40. The van der Waals surface area contributed by atoms with E-state index in [1.165, 1.54) is 0 Å². The molecule has 0 bridgehead atoms. The third kappa shape index (κ3) is 2.88. The van der Waals surface area contributed by atoms with Crippen LogP contribution in [0.2, 0.25) is 10.0 Å². The number of alkyl halides is 1. The highest BCUT2D eigenvalue weighted by atomic mass is 35.5. The van der Waals surface area contributed by atoms with E-state index in [0.717, 1.165) is 0 Å². The number of benzene rings is 1. The Morgan fingerprint density at radius 3 is 2.19 bits per heavy atom. The minimum atomic E-state index is -1.46. The molecule has 0 aliphatic carbocycles. The fourth-order valence-electron chi connectivity index (χ4n) is 1.51. The van der Waals surface area contributed by atoms with Gasteiger partial charge in [0, 0.05) is 23.0 Å². The van der Waals surface area contributed by atoms with Crippen molar-refractivity contribution in [3.63, 3.8) is 0 Å². The summed E-state index contributed by atoms with van der Waals surface area (Å²) < 4.78 is 14.4. The van der Waals surface area contributed by atoms with Gasteiger partial charge in [0.15, 0.2) is 0 Å². The summed E-state index contributed by atoms with van der Waals surface area (Å²) in [5.41, 5.74) is 4.66. The van der Waals surface area contributed by atoms with E-state index in [9.17, 15) is 4.39 Å². The molecule has 0 saturated carbocycles. The Balaban J connectivity index is 3.03. The van der Waals surface area contributed by atoms with Crippen LogP contribution in [0.3, 0.4) is 0 Å². The van der Waals surface area contributed by atoms with Gasteiger partial charge in [-0.05, 0) is 23.6 Å². The fraction of sp³-hybridized carbons (Fsp3) is 0.500. The Bertz CT molecular complexity index is 348. The Morgan fingerprint density at radius 1 is 1.31 bits per heavy atom. The van der Waals surface area contributed by atoms with Crippen molar-refractivity contribution in [2.75, 3.05) is 6.54 Å². The molecule has 0 heterocycles. The summed E-state index contributed by atoms with van der Waals surface area (Å²) in [5, 5.41) is 0.979. The number of hydrogen-bond donors (Lipinski definition) is 1. The molecular weight excluding hydrogens is 248 g/mol. The maximum Gasteiger partial charge on any atom is 0.129 e. The zero-order valence-corrected chi connectivity index (χ0v) is 10.9. The summed E-state index contributed by atoms with van der Waals surface area (Å²) in [6.45, 7) is 3.57. The van der Waals surface area contributed by atoms with Crippen LogP contribution in [0.1, 0.15) is 19.4 Å². The van der Waals surface area contributed by atoms with Crippen LogP contribution in [0.5, 0.6) is 0 Å². The van der Waals surface area contributed by atoms with Crippen LogP contribution in [0.15, 0.2) is 18.2 Å². The van der Waals surface area contributed by atoms with Crippen LogP contribution in [0.25, 0.3) is 0 Å². The Labute approximate surface area is 106 Å². The van der Waals surface area contributed by atoms with Crippen molar-refractivity contribution in [3.8, 4) is 0 Å². The lowest BCUT2D eigenvalue weighted by Crippen LogP contribution is -2.40. The monoisotopic (exact) mass is 263 g/mol. The lowest BCUT2D eigenvalue weighted by Gasteiger charge is -2.28. The molecule has 0 aromatic heterocycles. The summed E-state index contributed by atoms with van der Waals surface area (Å²) in [5.74, 6) is -0.176. The summed E-state index contributed by atoms with van der Waals surface area (Å²) in [6, 6.07) is 5.16. The molecular formula is C12H16Cl2FN. The molecule has 1 rings (SSSR count). The summed E-state index contributed by atoms with van der Waals surface area (Å²) in [4.78, 5) is 0. The Morgan fingerprint density at radius 2 is 1.81 bits per heavy atom. The predicted octanol–water partition coefficient (Wildman–Crippen LogP) is 3.86. The van der Waals surface area contributed by atoms with E-state index in [1.807, 2.05) is 0 Å². The first-order valence-corrected chi connectivity index (χ1v) is 5.98.